The van der Waals surface area contributed by atoms with Crippen LogP contribution in [-0.2, 0) is 23.6 Å². The molecular weight excluding hydrogens is 541 g/mol. The molecule has 0 aliphatic carbocycles. The number of unbranched alkanes of at least 4 members (excludes halogenated alkanes) is 1. The first-order valence-corrected chi connectivity index (χ1v) is 24.8. The van der Waals surface area contributed by atoms with E-state index in [0.717, 1.165) is 36.1 Å². The molecule has 1 rings (SSSR count). The molecule has 0 fully saturated rings. The van der Waals surface area contributed by atoms with Crippen LogP contribution in [0.15, 0.2) is 12.1 Å². The van der Waals surface area contributed by atoms with Crippen LogP contribution in [0, 0.1) is 0 Å². The summed E-state index contributed by atoms with van der Waals surface area (Å²) in [6.45, 7) is 19.7. The van der Waals surface area contributed by atoms with Crippen molar-refractivity contribution in [3.05, 3.63) is 23.3 Å². The zero-order valence-corrected chi connectivity index (χ0v) is 28.9. The number of carboxylic acid groups (broad SMARTS) is 1. The molecule has 1 N–H and O–H groups in total. The van der Waals surface area contributed by atoms with Gasteiger partial charge < -0.3 is 31.7 Å². The molecule has 12 heteroatoms. The Bertz CT molecular complexity index is 890. The third-order valence-corrected chi connectivity index (χ3v) is 17.0. The van der Waals surface area contributed by atoms with E-state index >= 15 is 0 Å². The van der Waals surface area contributed by atoms with E-state index in [1.807, 2.05) is 0 Å². The van der Waals surface area contributed by atoms with Gasteiger partial charge in [0.1, 0.15) is 0 Å². The van der Waals surface area contributed by atoms with Crippen molar-refractivity contribution in [2.75, 3.05) is 21.3 Å². The Morgan fingerprint density at radius 2 is 1.27 bits per heavy atom. The van der Waals surface area contributed by atoms with Crippen LogP contribution in [0.4, 0.5) is 0 Å². The first kappa shape index (κ1) is 33.6. The molecule has 1 aromatic rings. The Hall–Kier alpha value is -1.42. The second kappa shape index (κ2) is 13.6. The molecule has 0 bridgehead atoms. The lowest BCUT2D eigenvalue weighted by Crippen LogP contribution is -2.60. The summed E-state index contributed by atoms with van der Waals surface area (Å²) in [5.74, 6) is 0.494. The van der Waals surface area contributed by atoms with Gasteiger partial charge in [-0.15, -0.1) is 0 Å². The minimum Gasteiger partial charge on any atom is -0.493 e. The van der Waals surface area contributed by atoms with Crippen LogP contribution in [0.5, 0.6) is 17.2 Å². The Morgan fingerprint density at radius 1 is 0.784 bits per heavy atom. The SMILES string of the molecule is COc1cc(/C=C/C(=O)O)c(CCCC[Si](O[Si](C)(C)C)(O[Si](C)(C)C)O[Si](C)(C)C)c(OC)c1OC. The fourth-order valence-corrected chi connectivity index (χ4v) is 18.8. The number of benzene rings is 1. The summed E-state index contributed by atoms with van der Waals surface area (Å²) in [5.41, 5.74) is 1.59. The van der Waals surface area contributed by atoms with E-state index in [0.29, 0.717) is 23.7 Å². The summed E-state index contributed by atoms with van der Waals surface area (Å²) in [4.78, 5) is 11.2. The van der Waals surface area contributed by atoms with E-state index in [-0.39, 0.29) is 0 Å². The number of hydrogen-bond acceptors (Lipinski definition) is 7. The zero-order chi connectivity index (χ0) is 28.7. The van der Waals surface area contributed by atoms with Crippen molar-refractivity contribution >= 4 is 45.8 Å². The van der Waals surface area contributed by atoms with Crippen molar-refractivity contribution in [2.24, 2.45) is 0 Å². The molecule has 212 valence electrons. The summed E-state index contributed by atoms with van der Waals surface area (Å²) >= 11 is 0. The molecule has 0 atom stereocenters. The topological polar surface area (TPSA) is 92.7 Å². The highest BCUT2D eigenvalue weighted by Crippen LogP contribution is 2.43. The normalized spacial score (nSPS) is 13.2. The van der Waals surface area contributed by atoms with Crippen LogP contribution in [0.25, 0.3) is 6.08 Å². The number of carboxylic acids is 1. The van der Waals surface area contributed by atoms with E-state index in [1.165, 1.54) is 0 Å². The molecule has 0 amide bonds. The fraction of sp³-hybridized carbons (Fsp3) is 0.640. The van der Waals surface area contributed by atoms with Crippen LogP contribution in [0.1, 0.15) is 24.0 Å². The Labute approximate surface area is 228 Å². The van der Waals surface area contributed by atoms with E-state index < -0.39 is 39.7 Å². The molecule has 0 heterocycles. The Kier molecular flexibility index (Phi) is 12.3. The molecule has 0 aliphatic heterocycles. The van der Waals surface area contributed by atoms with Gasteiger partial charge in [0.25, 0.3) is 0 Å². The number of carbonyl (C=O) groups is 1. The molecule has 0 saturated heterocycles. The highest BCUT2D eigenvalue weighted by Gasteiger charge is 2.49. The summed E-state index contributed by atoms with van der Waals surface area (Å²) < 4.78 is 37.2. The first-order chi connectivity index (χ1) is 16.9. The molecule has 0 radical (unpaired) electrons. The van der Waals surface area contributed by atoms with Gasteiger partial charge in [-0.3, -0.25) is 0 Å². The van der Waals surface area contributed by atoms with Gasteiger partial charge in [-0.25, -0.2) is 4.79 Å². The lowest BCUT2D eigenvalue weighted by atomic mass is 9.99. The van der Waals surface area contributed by atoms with Gasteiger partial charge in [-0.1, -0.05) is 0 Å². The molecular formula is C25H48O8Si4. The van der Waals surface area contributed by atoms with Crippen LogP contribution < -0.4 is 14.2 Å². The van der Waals surface area contributed by atoms with Gasteiger partial charge in [0, 0.05) is 17.7 Å². The standard InChI is InChI=1S/C25H48O8Si4/c1-28-22-19-20(16-17-23(26)27)21(24(29-2)25(22)30-3)15-13-14-18-37(31-34(4,5)6,32-35(7,8)9)33-36(10,11)12/h16-17,19H,13-15,18H2,1-12H3,(H,26,27)/b17-16+. The fourth-order valence-electron chi connectivity index (χ4n) is 4.06. The van der Waals surface area contributed by atoms with Gasteiger partial charge in [0.05, 0.1) is 21.3 Å². The summed E-state index contributed by atoms with van der Waals surface area (Å²) in [6, 6.07) is 2.52. The predicted molar refractivity (Wildman–Crippen MR) is 160 cm³/mol. The van der Waals surface area contributed by atoms with E-state index in [9.17, 15) is 9.90 Å². The van der Waals surface area contributed by atoms with E-state index in [2.05, 4.69) is 58.9 Å². The van der Waals surface area contributed by atoms with Crippen molar-refractivity contribution in [1.29, 1.82) is 0 Å². The van der Waals surface area contributed by atoms with Gasteiger partial charge in [0.15, 0.2) is 36.5 Å². The first-order valence-electron chi connectivity index (χ1n) is 12.7. The lowest BCUT2D eigenvalue weighted by Gasteiger charge is -2.43. The van der Waals surface area contributed by atoms with Crippen LogP contribution in [0.3, 0.4) is 0 Å². The van der Waals surface area contributed by atoms with Crippen LogP contribution in [0.2, 0.25) is 65.0 Å². The van der Waals surface area contributed by atoms with Crippen molar-refractivity contribution in [1.82, 2.24) is 0 Å². The number of ether oxygens (including phenoxy) is 3. The maximum Gasteiger partial charge on any atom is 0.469 e. The quantitative estimate of drug-likeness (QED) is 0.131. The summed E-state index contributed by atoms with van der Waals surface area (Å²) in [6.07, 6.45) is 4.99. The maximum absolute atomic E-state index is 11.2. The minimum atomic E-state index is -2.92. The third-order valence-electron chi connectivity index (χ3n) is 4.92. The molecule has 0 spiro atoms. The molecule has 0 aliphatic rings. The van der Waals surface area contributed by atoms with Crippen molar-refractivity contribution in [3.8, 4) is 17.2 Å². The Balaban J connectivity index is 3.35. The highest BCUT2D eigenvalue weighted by atomic mass is 28.5. The molecule has 0 unspecified atom stereocenters. The summed E-state index contributed by atoms with van der Waals surface area (Å²) in [7, 11) is -4.07. The Morgan fingerprint density at radius 3 is 1.65 bits per heavy atom. The monoisotopic (exact) mass is 588 g/mol. The average molecular weight is 589 g/mol. The van der Waals surface area contributed by atoms with Crippen molar-refractivity contribution < 1.29 is 36.5 Å². The van der Waals surface area contributed by atoms with E-state index in [4.69, 9.17) is 26.6 Å². The van der Waals surface area contributed by atoms with Crippen LogP contribution >= 0.6 is 0 Å². The average Bonchev–Trinajstić information content (AvgIpc) is 2.70. The van der Waals surface area contributed by atoms with Crippen molar-refractivity contribution in [3.63, 3.8) is 0 Å². The van der Waals surface area contributed by atoms with Crippen molar-refractivity contribution in [2.45, 2.75) is 84.2 Å². The van der Waals surface area contributed by atoms with Gasteiger partial charge in [0.2, 0.25) is 5.75 Å². The van der Waals surface area contributed by atoms with Crippen LogP contribution in [-0.4, -0.2) is 66.2 Å². The largest absolute Gasteiger partial charge is 0.493 e. The second-order valence-electron chi connectivity index (χ2n) is 11.9. The zero-order valence-electron chi connectivity index (χ0n) is 24.9. The molecule has 37 heavy (non-hydrogen) atoms. The number of aliphatic carboxylic acids is 1. The highest BCUT2D eigenvalue weighted by molar-refractivity contribution is 6.90. The third kappa shape index (κ3) is 11.9. The van der Waals surface area contributed by atoms with E-state index in [1.54, 1.807) is 33.5 Å². The maximum atomic E-state index is 11.2. The number of hydrogen-bond donors (Lipinski definition) is 1. The molecule has 1 aromatic carbocycles. The molecule has 0 aromatic heterocycles. The number of methoxy groups -OCH3 is 3. The number of rotatable bonds is 16. The van der Waals surface area contributed by atoms with Gasteiger partial charge in [-0.2, -0.15) is 0 Å². The molecule has 0 saturated carbocycles. The summed E-state index contributed by atoms with van der Waals surface area (Å²) in [5, 5.41) is 9.20. The van der Waals surface area contributed by atoms with Gasteiger partial charge >= 0.3 is 14.8 Å². The lowest BCUT2D eigenvalue weighted by molar-refractivity contribution is -0.131. The predicted octanol–water partition coefficient (Wildman–Crippen LogP) is 6.63. The minimum absolute atomic E-state index is 0.482. The molecule has 8 nitrogen and oxygen atoms in total. The van der Waals surface area contributed by atoms with Gasteiger partial charge in [-0.05, 0) is 95.9 Å². The smallest absolute Gasteiger partial charge is 0.469 e. The second-order valence-corrected chi connectivity index (χ2v) is 28.9.